The van der Waals surface area contributed by atoms with Crippen molar-refractivity contribution in [1.29, 1.82) is 0 Å². The zero-order valence-electron chi connectivity index (χ0n) is 10.6. The Bertz CT molecular complexity index is 294. The third-order valence-electron chi connectivity index (χ3n) is 2.38. The summed E-state index contributed by atoms with van der Waals surface area (Å²) in [6, 6.07) is 2.07. The summed E-state index contributed by atoms with van der Waals surface area (Å²) in [4.78, 5) is 0. The average Bonchev–Trinajstić information content (AvgIpc) is 2.61. The minimum atomic E-state index is 0.586. The molecule has 0 aliphatic rings. The minimum absolute atomic E-state index is 0.586. The smallest absolute Gasteiger partial charge is 0.130 e. The van der Waals surface area contributed by atoms with Crippen LogP contribution < -0.4 is 5.32 Å². The molecule has 1 N–H and O–H groups in total. The lowest BCUT2D eigenvalue weighted by molar-refractivity contribution is 0.106. The Kier molecular flexibility index (Phi) is 6.19. The molecule has 0 spiro atoms. The molecule has 3 heteroatoms. The van der Waals surface area contributed by atoms with Gasteiger partial charge in [-0.05, 0) is 37.9 Å². The van der Waals surface area contributed by atoms with Gasteiger partial charge in [0.15, 0.2) is 0 Å². The van der Waals surface area contributed by atoms with Crippen molar-refractivity contribution in [1.82, 2.24) is 5.32 Å². The first-order valence-corrected chi connectivity index (χ1v) is 6.14. The lowest BCUT2D eigenvalue weighted by Crippen LogP contribution is -2.13. The highest BCUT2D eigenvalue weighted by atomic mass is 16.5. The van der Waals surface area contributed by atoms with E-state index in [1.165, 1.54) is 5.56 Å². The number of nitrogens with one attached hydrogen (secondary N) is 1. The average molecular weight is 225 g/mol. The second-order valence-electron chi connectivity index (χ2n) is 4.05. The normalized spacial score (nSPS) is 10.9. The molecule has 1 aromatic heterocycles. The van der Waals surface area contributed by atoms with Gasteiger partial charge in [0.2, 0.25) is 0 Å². The van der Waals surface area contributed by atoms with E-state index in [4.69, 9.17) is 9.15 Å². The Labute approximate surface area is 98.2 Å². The second-order valence-corrected chi connectivity index (χ2v) is 4.05. The Morgan fingerprint density at radius 3 is 2.81 bits per heavy atom. The van der Waals surface area contributed by atoms with E-state index in [9.17, 15) is 0 Å². The third-order valence-corrected chi connectivity index (χ3v) is 2.38. The quantitative estimate of drug-likeness (QED) is 0.691. The summed E-state index contributed by atoms with van der Waals surface area (Å²) in [5.74, 6) is 1.96. The third kappa shape index (κ3) is 4.37. The Hall–Kier alpha value is -0.800. The van der Waals surface area contributed by atoms with E-state index in [-0.39, 0.29) is 0 Å². The van der Waals surface area contributed by atoms with Crippen LogP contribution >= 0.6 is 0 Å². The molecule has 0 saturated carbocycles. The SMILES string of the molecule is CCCNCc1oc(COCCC)cc1C. The molecule has 0 amide bonds. The molecule has 0 unspecified atom stereocenters. The molecule has 0 bridgehead atoms. The molecule has 0 fully saturated rings. The molecule has 0 aliphatic carbocycles. The van der Waals surface area contributed by atoms with E-state index in [0.717, 1.165) is 44.1 Å². The largest absolute Gasteiger partial charge is 0.462 e. The van der Waals surface area contributed by atoms with Gasteiger partial charge in [-0.25, -0.2) is 0 Å². The van der Waals surface area contributed by atoms with E-state index in [0.29, 0.717) is 6.61 Å². The van der Waals surface area contributed by atoms with Gasteiger partial charge in [0.1, 0.15) is 18.1 Å². The van der Waals surface area contributed by atoms with E-state index in [1.54, 1.807) is 0 Å². The van der Waals surface area contributed by atoms with Crippen molar-refractivity contribution in [3.63, 3.8) is 0 Å². The first-order chi connectivity index (χ1) is 7.77. The Morgan fingerprint density at radius 2 is 2.12 bits per heavy atom. The molecule has 0 aliphatic heterocycles. The molecule has 1 aromatic rings. The van der Waals surface area contributed by atoms with Crippen LogP contribution in [-0.4, -0.2) is 13.2 Å². The van der Waals surface area contributed by atoms with Gasteiger partial charge < -0.3 is 14.5 Å². The lowest BCUT2D eigenvalue weighted by Gasteiger charge is -2.01. The summed E-state index contributed by atoms with van der Waals surface area (Å²) in [6.45, 7) is 9.57. The summed E-state index contributed by atoms with van der Waals surface area (Å²) in [6.07, 6.45) is 2.19. The molecular weight excluding hydrogens is 202 g/mol. The van der Waals surface area contributed by atoms with Gasteiger partial charge >= 0.3 is 0 Å². The molecule has 1 heterocycles. The van der Waals surface area contributed by atoms with Gasteiger partial charge in [-0.2, -0.15) is 0 Å². The first kappa shape index (κ1) is 13.3. The lowest BCUT2D eigenvalue weighted by atomic mass is 10.2. The number of rotatable bonds is 8. The van der Waals surface area contributed by atoms with Crippen LogP contribution in [0.5, 0.6) is 0 Å². The molecule has 3 nitrogen and oxygen atoms in total. The van der Waals surface area contributed by atoms with Crippen molar-refractivity contribution in [3.05, 3.63) is 23.2 Å². The standard InChI is InChI=1S/C13H23NO2/c1-4-6-14-9-13-11(3)8-12(16-13)10-15-7-5-2/h8,14H,4-7,9-10H2,1-3H3. The van der Waals surface area contributed by atoms with Gasteiger partial charge in [-0.3, -0.25) is 0 Å². The van der Waals surface area contributed by atoms with E-state index < -0.39 is 0 Å². The van der Waals surface area contributed by atoms with Crippen molar-refractivity contribution < 1.29 is 9.15 Å². The number of hydrogen-bond donors (Lipinski definition) is 1. The van der Waals surface area contributed by atoms with Gasteiger partial charge in [0.25, 0.3) is 0 Å². The topological polar surface area (TPSA) is 34.4 Å². The molecule has 16 heavy (non-hydrogen) atoms. The van der Waals surface area contributed by atoms with Crippen LogP contribution in [-0.2, 0) is 17.9 Å². The number of furan rings is 1. The highest BCUT2D eigenvalue weighted by Crippen LogP contribution is 2.15. The first-order valence-electron chi connectivity index (χ1n) is 6.14. The molecular formula is C13H23NO2. The highest BCUT2D eigenvalue weighted by molar-refractivity contribution is 5.19. The van der Waals surface area contributed by atoms with Gasteiger partial charge in [0, 0.05) is 6.61 Å². The maximum Gasteiger partial charge on any atom is 0.130 e. The van der Waals surface area contributed by atoms with Crippen molar-refractivity contribution in [2.45, 2.75) is 46.8 Å². The van der Waals surface area contributed by atoms with E-state index in [2.05, 4.69) is 32.2 Å². The van der Waals surface area contributed by atoms with Crippen LogP contribution in [0.1, 0.15) is 43.8 Å². The zero-order valence-corrected chi connectivity index (χ0v) is 10.6. The van der Waals surface area contributed by atoms with Crippen molar-refractivity contribution in [2.24, 2.45) is 0 Å². The second kappa shape index (κ2) is 7.47. The van der Waals surface area contributed by atoms with Gasteiger partial charge in [-0.15, -0.1) is 0 Å². The summed E-state index contributed by atoms with van der Waals surface area (Å²) >= 11 is 0. The fourth-order valence-electron chi connectivity index (χ4n) is 1.53. The van der Waals surface area contributed by atoms with Crippen LogP contribution in [0.4, 0.5) is 0 Å². The highest BCUT2D eigenvalue weighted by Gasteiger charge is 2.06. The molecule has 92 valence electrons. The maximum absolute atomic E-state index is 5.72. The predicted molar refractivity (Wildman–Crippen MR) is 65.4 cm³/mol. The Balaban J connectivity index is 2.39. The number of hydrogen-bond acceptors (Lipinski definition) is 3. The minimum Gasteiger partial charge on any atom is -0.462 e. The Morgan fingerprint density at radius 1 is 1.31 bits per heavy atom. The molecule has 1 rings (SSSR count). The van der Waals surface area contributed by atoms with Crippen molar-refractivity contribution >= 4 is 0 Å². The summed E-state index contributed by atoms with van der Waals surface area (Å²) < 4.78 is 11.2. The van der Waals surface area contributed by atoms with E-state index in [1.807, 2.05) is 0 Å². The zero-order chi connectivity index (χ0) is 11.8. The van der Waals surface area contributed by atoms with Crippen LogP contribution in [0.15, 0.2) is 10.5 Å². The van der Waals surface area contributed by atoms with Gasteiger partial charge in [0.05, 0.1) is 6.54 Å². The van der Waals surface area contributed by atoms with Crippen molar-refractivity contribution in [3.8, 4) is 0 Å². The molecule has 0 radical (unpaired) electrons. The maximum atomic E-state index is 5.72. The van der Waals surface area contributed by atoms with Crippen molar-refractivity contribution in [2.75, 3.05) is 13.2 Å². The summed E-state index contributed by atoms with van der Waals surface area (Å²) in [7, 11) is 0. The van der Waals surface area contributed by atoms with Crippen LogP contribution in [0, 0.1) is 6.92 Å². The summed E-state index contributed by atoms with van der Waals surface area (Å²) in [5, 5.41) is 3.34. The molecule has 0 saturated heterocycles. The fourth-order valence-corrected chi connectivity index (χ4v) is 1.53. The monoisotopic (exact) mass is 225 g/mol. The van der Waals surface area contributed by atoms with Gasteiger partial charge in [-0.1, -0.05) is 13.8 Å². The van der Waals surface area contributed by atoms with E-state index >= 15 is 0 Å². The molecule has 0 atom stereocenters. The number of aryl methyl sites for hydroxylation is 1. The predicted octanol–water partition coefficient (Wildman–Crippen LogP) is 3.01. The van der Waals surface area contributed by atoms with Crippen LogP contribution in [0.25, 0.3) is 0 Å². The fraction of sp³-hybridized carbons (Fsp3) is 0.692. The summed E-state index contributed by atoms with van der Waals surface area (Å²) in [5.41, 5.74) is 1.21. The van der Waals surface area contributed by atoms with Crippen LogP contribution in [0.3, 0.4) is 0 Å². The van der Waals surface area contributed by atoms with Crippen LogP contribution in [0.2, 0.25) is 0 Å². The number of ether oxygens (including phenoxy) is 1. The molecule has 0 aromatic carbocycles.